The molecule has 0 amide bonds. The van der Waals surface area contributed by atoms with Gasteiger partial charge in [-0.3, -0.25) is 0 Å². The lowest BCUT2D eigenvalue weighted by molar-refractivity contribution is 1.48. The summed E-state index contributed by atoms with van der Waals surface area (Å²) in [6, 6.07) is 7.95. The van der Waals surface area contributed by atoms with Gasteiger partial charge in [0.05, 0.1) is 5.02 Å². The summed E-state index contributed by atoms with van der Waals surface area (Å²) in [5, 5.41) is 1.87. The van der Waals surface area contributed by atoms with E-state index in [0.717, 1.165) is 15.9 Å². The van der Waals surface area contributed by atoms with Gasteiger partial charge in [-0.25, -0.2) is 0 Å². The van der Waals surface area contributed by atoms with Gasteiger partial charge in [-0.1, -0.05) is 29.8 Å². The van der Waals surface area contributed by atoms with E-state index in [4.69, 9.17) is 11.6 Å². The van der Waals surface area contributed by atoms with Crippen LogP contribution in [0.25, 0.3) is 10.9 Å². The molecule has 0 aliphatic rings. The maximum atomic E-state index is 5.84. The van der Waals surface area contributed by atoms with E-state index in [1.165, 1.54) is 0 Å². The van der Waals surface area contributed by atoms with Crippen LogP contribution >= 0.6 is 24.0 Å². The van der Waals surface area contributed by atoms with Gasteiger partial charge in [0, 0.05) is 17.1 Å². The molecule has 1 N–H and O–H groups in total. The van der Waals surface area contributed by atoms with Crippen molar-refractivity contribution in [3.8, 4) is 0 Å². The van der Waals surface area contributed by atoms with Gasteiger partial charge >= 0.3 is 0 Å². The molecule has 2 aromatic rings. The van der Waals surface area contributed by atoms with Crippen LogP contribution in [0.2, 0.25) is 5.02 Å². The quantitative estimate of drug-likeness (QED) is 0.653. The Labute approximate surface area is 75.8 Å². The summed E-state index contributed by atoms with van der Waals surface area (Å²) in [7, 11) is 0. The predicted molar refractivity (Wildman–Crippen MR) is 50.6 cm³/mol. The van der Waals surface area contributed by atoms with E-state index in [-0.39, 0.29) is 12.4 Å². The number of halogens is 2. The first kappa shape index (κ1) is 8.44. The third-order valence-corrected chi connectivity index (χ3v) is 1.85. The van der Waals surface area contributed by atoms with Crippen molar-refractivity contribution in [3.05, 3.63) is 35.5 Å². The monoisotopic (exact) mass is 187 g/mol. The molecule has 0 fully saturated rings. The SMILES string of the molecule is Cl.Clc1c[nH]c2ccccc12. The summed E-state index contributed by atoms with van der Waals surface area (Å²) >= 11 is 5.84. The fourth-order valence-electron chi connectivity index (χ4n) is 1.04. The van der Waals surface area contributed by atoms with Crippen LogP contribution < -0.4 is 0 Å². The van der Waals surface area contributed by atoms with Gasteiger partial charge < -0.3 is 4.98 Å². The summed E-state index contributed by atoms with van der Waals surface area (Å²) in [4.78, 5) is 3.06. The van der Waals surface area contributed by atoms with Crippen molar-refractivity contribution in [1.29, 1.82) is 0 Å². The van der Waals surface area contributed by atoms with Crippen LogP contribution in [-0.4, -0.2) is 4.98 Å². The normalized spacial score (nSPS) is 9.55. The molecule has 1 nitrogen and oxygen atoms in total. The Morgan fingerprint density at radius 2 is 1.91 bits per heavy atom. The smallest absolute Gasteiger partial charge is 0.0659 e. The van der Waals surface area contributed by atoms with Gasteiger partial charge in [-0.2, -0.15) is 0 Å². The number of nitrogens with one attached hydrogen (secondary N) is 1. The summed E-state index contributed by atoms with van der Waals surface area (Å²) in [5.74, 6) is 0. The van der Waals surface area contributed by atoms with Crippen LogP contribution in [0, 0.1) is 0 Å². The topological polar surface area (TPSA) is 15.8 Å². The van der Waals surface area contributed by atoms with Gasteiger partial charge in [-0.05, 0) is 6.07 Å². The number of H-pyrrole nitrogens is 1. The lowest BCUT2D eigenvalue weighted by Crippen LogP contribution is -1.62. The lowest BCUT2D eigenvalue weighted by Gasteiger charge is -1.85. The number of rotatable bonds is 0. The zero-order valence-corrected chi connectivity index (χ0v) is 7.25. The minimum absolute atomic E-state index is 0. The van der Waals surface area contributed by atoms with E-state index in [9.17, 15) is 0 Å². The molecule has 0 aliphatic heterocycles. The highest BCUT2D eigenvalue weighted by atomic mass is 35.5. The Bertz CT molecular complexity index is 354. The van der Waals surface area contributed by atoms with Crippen LogP contribution in [0.3, 0.4) is 0 Å². The molecule has 1 aromatic heterocycles. The van der Waals surface area contributed by atoms with E-state index < -0.39 is 0 Å². The Kier molecular flexibility index (Phi) is 2.42. The molecule has 0 saturated heterocycles. The Hall–Kier alpha value is -0.660. The molecule has 0 radical (unpaired) electrons. The zero-order valence-electron chi connectivity index (χ0n) is 5.67. The first-order valence-corrected chi connectivity index (χ1v) is 3.47. The highest BCUT2D eigenvalue weighted by Gasteiger charge is 1.96. The minimum Gasteiger partial charge on any atom is -0.360 e. The molecule has 3 heteroatoms. The number of hydrogen-bond donors (Lipinski definition) is 1. The largest absolute Gasteiger partial charge is 0.360 e. The molecule has 1 aromatic carbocycles. The molecule has 0 spiro atoms. The predicted octanol–water partition coefficient (Wildman–Crippen LogP) is 3.24. The average Bonchev–Trinajstić information content (AvgIpc) is 2.34. The van der Waals surface area contributed by atoms with E-state index in [1.807, 2.05) is 24.3 Å². The van der Waals surface area contributed by atoms with E-state index in [2.05, 4.69) is 4.98 Å². The average molecular weight is 188 g/mol. The van der Waals surface area contributed by atoms with Crippen LogP contribution in [0.1, 0.15) is 0 Å². The number of fused-ring (bicyclic) bond motifs is 1. The Morgan fingerprint density at radius 1 is 1.18 bits per heavy atom. The molecule has 2 rings (SSSR count). The zero-order chi connectivity index (χ0) is 6.97. The van der Waals surface area contributed by atoms with Crippen molar-refractivity contribution in [2.24, 2.45) is 0 Å². The second kappa shape index (κ2) is 3.16. The molecule has 11 heavy (non-hydrogen) atoms. The fraction of sp³-hybridized carbons (Fsp3) is 0. The first-order valence-electron chi connectivity index (χ1n) is 3.09. The third kappa shape index (κ3) is 1.35. The fourth-order valence-corrected chi connectivity index (χ4v) is 1.26. The van der Waals surface area contributed by atoms with Crippen molar-refractivity contribution in [3.63, 3.8) is 0 Å². The lowest BCUT2D eigenvalue weighted by atomic mass is 10.3. The van der Waals surface area contributed by atoms with Crippen LogP contribution in [0.4, 0.5) is 0 Å². The van der Waals surface area contributed by atoms with E-state index in [0.29, 0.717) is 0 Å². The summed E-state index contributed by atoms with van der Waals surface area (Å²) < 4.78 is 0. The standard InChI is InChI=1S/C8H6ClN.ClH/c9-7-5-10-8-4-2-1-3-6(7)8;/h1-5,10H;1H. The number of aromatic nitrogens is 1. The molecule has 0 saturated carbocycles. The molecular weight excluding hydrogens is 181 g/mol. The van der Waals surface area contributed by atoms with Crippen molar-refractivity contribution >= 4 is 34.9 Å². The molecule has 58 valence electrons. The summed E-state index contributed by atoms with van der Waals surface area (Å²) in [6.07, 6.45) is 1.80. The van der Waals surface area contributed by atoms with Gasteiger partial charge in [0.25, 0.3) is 0 Å². The second-order valence-electron chi connectivity index (χ2n) is 2.18. The van der Waals surface area contributed by atoms with Crippen molar-refractivity contribution < 1.29 is 0 Å². The number of hydrogen-bond acceptors (Lipinski definition) is 0. The van der Waals surface area contributed by atoms with Gasteiger partial charge in [0.1, 0.15) is 0 Å². The maximum Gasteiger partial charge on any atom is 0.0659 e. The van der Waals surface area contributed by atoms with Gasteiger partial charge in [0.15, 0.2) is 0 Å². The van der Waals surface area contributed by atoms with Crippen LogP contribution in [0.15, 0.2) is 30.5 Å². The summed E-state index contributed by atoms with van der Waals surface area (Å²) in [5.41, 5.74) is 1.09. The van der Waals surface area contributed by atoms with Gasteiger partial charge in [0.2, 0.25) is 0 Å². The Balaban J connectivity index is 0.000000605. The molecule has 0 bridgehead atoms. The number of aromatic amines is 1. The Morgan fingerprint density at radius 3 is 2.64 bits per heavy atom. The van der Waals surface area contributed by atoms with Crippen molar-refractivity contribution in [2.75, 3.05) is 0 Å². The van der Waals surface area contributed by atoms with Crippen molar-refractivity contribution in [1.82, 2.24) is 4.98 Å². The number of benzene rings is 1. The third-order valence-electron chi connectivity index (χ3n) is 1.54. The number of para-hydroxylation sites is 1. The van der Waals surface area contributed by atoms with Crippen LogP contribution in [-0.2, 0) is 0 Å². The van der Waals surface area contributed by atoms with Gasteiger partial charge in [-0.15, -0.1) is 12.4 Å². The molecule has 0 atom stereocenters. The van der Waals surface area contributed by atoms with E-state index >= 15 is 0 Å². The molecule has 1 heterocycles. The maximum absolute atomic E-state index is 5.84. The van der Waals surface area contributed by atoms with E-state index in [1.54, 1.807) is 6.20 Å². The second-order valence-corrected chi connectivity index (χ2v) is 2.59. The first-order chi connectivity index (χ1) is 4.88. The van der Waals surface area contributed by atoms with Crippen molar-refractivity contribution in [2.45, 2.75) is 0 Å². The molecule has 0 aliphatic carbocycles. The highest BCUT2D eigenvalue weighted by Crippen LogP contribution is 2.21. The molecular formula is C8H7Cl2N. The highest BCUT2D eigenvalue weighted by molar-refractivity contribution is 6.35. The van der Waals surface area contributed by atoms with Crippen LogP contribution in [0.5, 0.6) is 0 Å². The minimum atomic E-state index is 0. The molecule has 0 unspecified atom stereocenters. The summed E-state index contributed by atoms with van der Waals surface area (Å²) in [6.45, 7) is 0.